The maximum Gasteiger partial charge on any atom is 0.246 e. The average molecular weight is 480 g/mol. The van der Waals surface area contributed by atoms with Crippen molar-refractivity contribution in [1.29, 1.82) is 0 Å². The van der Waals surface area contributed by atoms with Gasteiger partial charge in [-0.1, -0.05) is 0 Å². The molecule has 1 amide bonds. The van der Waals surface area contributed by atoms with Crippen molar-refractivity contribution < 1.29 is 36.2 Å². The van der Waals surface area contributed by atoms with Crippen molar-refractivity contribution in [3.05, 3.63) is 77.6 Å². The Kier molecular flexibility index (Phi) is 6.87. The van der Waals surface area contributed by atoms with E-state index >= 15 is 0 Å². The van der Waals surface area contributed by atoms with Gasteiger partial charge in [0.2, 0.25) is 11.7 Å². The summed E-state index contributed by atoms with van der Waals surface area (Å²) in [6.07, 6.45) is 3.80. The fourth-order valence-corrected chi connectivity index (χ4v) is 3.27. The van der Waals surface area contributed by atoms with E-state index in [0.717, 1.165) is 11.8 Å². The molecule has 0 saturated carbocycles. The average Bonchev–Trinajstić information content (AvgIpc) is 3.40. The highest BCUT2D eigenvalue weighted by Crippen LogP contribution is 2.24. The van der Waals surface area contributed by atoms with Gasteiger partial charge in [0.1, 0.15) is 31.1 Å². The summed E-state index contributed by atoms with van der Waals surface area (Å²) in [4.78, 5) is 17.6. The lowest BCUT2D eigenvalue weighted by Gasteiger charge is -2.32. The number of amides is 1. The summed E-state index contributed by atoms with van der Waals surface area (Å²) in [6, 6.07) is 7.03. The van der Waals surface area contributed by atoms with Gasteiger partial charge in [0.05, 0.1) is 24.4 Å². The molecule has 1 aliphatic heterocycles. The number of aromatic nitrogens is 3. The normalized spacial score (nSPS) is 16.3. The van der Waals surface area contributed by atoms with Crippen LogP contribution in [0.2, 0.25) is 0 Å². The number of hydrogen-bond acceptors (Lipinski definition) is 5. The van der Waals surface area contributed by atoms with Gasteiger partial charge in [0.15, 0.2) is 23.3 Å². The van der Waals surface area contributed by atoms with Crippen LogP contribution in [0.1, 0.15) is 5.56 Å². The number of rotatable bonds is 6. The summed E-state index contributed by atoms with van der Waals surface area (Å²) in [5, 5.41) is 4.02. The van der Waals surface area contributed by atoms with Crippen molar-refractivity contribution in [3.8, 4) is 11.4 Å². The quantitative estimate of drug-likeness (QED) is 0.235. The van der Waals surface area contributed by atoms with Crippen LogP contribution in [0.3, 0.4) is 0 Å². The van der Waals surface area contributed by atoms with Crippen LogP contribution in [0, 0.1) is 29.1 Å². The molecule has 2 heterocycles. The number of nitrogens with zero attached hydrogens (tertiary/aromatic N) is 4. The highest BCUT2D eigenvalue weighted by molar-refractivity contribution is 5.92. The van der Waals surface area contributed by atoms with Crippen LogP contribution in [0.25, 0.3) is 11.8 Å². The number of benzene rings is 2. The minimum Gasteiger partial charge on any atom is -0.491 e. The highest BCUT2D eigenvalue weighted by Gasteiger charge is 2.26. The summed E-state index contributed by atoms with van der Waals surface area (Å²) in [7, 11) is 0. The maximum absolute atomic E-state index is 13.8. The Labute approximate surface area is 190 Å². The Morgan fingerprint density at radius 2 is 1.74 bits per heavy atom. The van der Waals surface area contributed by atoms with E-state index in [4.69, 9.17) is 9.47 Å². The van der Waals surface area contributed by atoms with E-state index < -0.39 is 46.7 Å². The van der Waals surface area contributed by atoms with Gasteiger partial charge < -0.3 is 14.4 Å². The minimum atomic E-state index is -2.26. The number of carbonyl (C=O) groups is 1. The van der Waals surface area contributed by atoms with Crippen LogP contribution in [0.15, 0.2) is 43.0 Å². The van der Waals surface area contributed by atoms with E-state index in [1.165, 1.54) is 11.2 Å². The number of halogens is 5. The third-order valence-electron chi connectivity index (χ3n) is 5.04. The first-order valence-electron chi connectivity index (χ1n) is 10.0. The van der Waals surface area contributed by atoms with Crippen molar-refractivity contribution in [2.24, 2.45) is 0 Å². The first kappa shape index (κ1) is 23.4. The van der Waals surface area contributed by atoms with Gasteiger partial charge in [0, 0.05) is 12.6 Å². The van der Waals surface area contributed by atoms with Gasteiger partial charge in [-0.15, -0.1) is 0 Å². The lowest BCUT2D eigenvalue weighted by Crippen LogP contribution is -2.47. The van der Waals surface area contributed by atoms with Gasteiger partial charge in [-0.3, -0.25) is 4.79 Å². The zero-order valence-corrected chi connectivity index (χ0v) is 17.4. The van der Waals surface area contributed by atoms with E-state index in [1.54, 1.807) is 35.3 Å². The molecule has 0 spiro atoms. The van der Waals surface area contributed by atoms with Crippen molar-refractivity contribution in [1.82, 2.24) is 19.7 Å². The van der Waals surface area contributed by atoms with Crippen LogP contribution in [-0.4, -0.2) is 58.0 Å². The molecule has 1 unspecified atom stereocenters. The maximum atomic E-state index is 13.8. The smallest absolute Gasteiger partial charge is 0.246 e. The van der Waals surface area contributed by atoms with Gasteiger partial charge in [0.25, 0.3) is 0 Å². The molecule has 0 aliphatic carbocycles. The molecule has 0 bridgehead atoms. The molecule has 1 saturated heterocycles. The Morgan fingerprint density at radius 1 is 1.06 bits per heavy atom. The zero-order chi connectivity index (χ0) is 24.2. The van der Waals surface area contributed by atoms with Crippen LogP contribution >= 0.6 is 0 Å². The molecule has 178 valence electrons. The molecule has 0 N–H and O–H groups in total. The predicted molar refractivity (Wildman–Crippen MR) is 108 cm³/mol. The third-order valence-corrected chi connectivity index (χ3v) is 5.04. The second kappa shape index (κ2) is 10.00. The standard InChI is InChI=1S/C22H17F5N4O3/c23-18-16(19(24)21(26)22(27)20(18)25)5-6-17(32)30-7-8-33-15(9-30)10-34-14-3-1-13(2-4-14)31-12-28-11-29-31/h1-6,11-12,15H,7-10H2/b6-5+. The lowest BCUT2D eigenvalue weighted by molar-refractivity contribution is -0.134. The van der Waals surface area contributed by atoms with Crippen molar-refractivity contribution in [3.63, 3.8) is 0 Å². The second-order valence-electron chi connectivity index (χ2n) is 7.24. The Balaban J connectivity index is 1.35. The minimum absolute atomic E-state index is 0.108. The predicted octanol–water partition coefficient (Wildman–Crippen LogP) is 3.28. The van der Waals surface area contributed by atoms with E-state index in [2.05, 4.69) is 10.1 Å². The molecule has 1 aliphatic rings. The molecule has 2 aromatic carbocycles. The molecular formula is C22H17F5N4O3. The fourth-order valence-electron chi connectivity index (χ4n) is 3.27. The molecule has 1 aromatic heterocycles. The molecule has 4 rings (SSSR count). The molecule has 7 nitrogen and oxygen atoms in total. The van der Waals surface area contributed by atoms with E-state index in [1.807, 2.05) is 0 Å². The second-order valence-corrected chi connectivity index (χ2v) is 7.24. The van der Waals surface area contributed by atoms with Crippen LogP contribution in [0.4, 0.5) is 22.0 Å². The Hall–Kier alpha value is -3.80. The SMILES string of the molecule is O=C(/C=C/c1c(F)c(F)c(F)c(F)c1F)N1CCOC(COc2ccc(-n3cncn3)cc2)C1. The summed E-state index contributed by atoms with van der Waals surface area (Å²) < 4.78 is 80.2. The summed E-state index contributed by atoms with van der Waals surface area (Å²) >= 11 is 0. The van der Waals surface area contributed by atoms with Crippen LogP contribution in [-0.2, 0) is 9.53 Å². The third kappa shape index (κ3) is 4.91. The topological polar surface area (TPSA) is 69.5 Å². The summed E-state index contributed by atoms with van der Waals surface area (Å²) in [5.41, 5.74) is -0.400. The molecular weight excluding hydrogens is 463 g/mol. The van der Waals surface area contributed by atoms with E-state index in [-0.39, 0.29) is 26.3 Å². The van der Waals surface area contributed by atoms with E-state index in [0.29, 0.717) is 11.8 Å². The fraction of sp³-hybridized carbons (Fsp3) is 0.227. The zero-order valence-electron chi connectivity index (χ0n) is 17.4. The van der Waals surface area contributed by atoms with E-state index in [9.17, 15) is 26.7 Å². The Morgan fingerprint density at radius 3 is 2.38 bits per heavy atom. The number of morpholine rings is 1. The first-order chi connectivity index (χ1) is 16.3. The van der Waals surface area contributed by atoms with Crippen molar-refractivity contribution in [2.75, 3.05) is 26.3 Å². The molecule has 3 aromatic rings. The van der Waals surface area contributed by atoms with Gasteiger partial charge in [-0.25, -0.2) is 31.6 Å². The molecule has 1 fully saturated rings. The highest BCUT2D eigenvalue weighted by atomic mass is 19.2. The lowest BCUT2D eigenvalue weighted by atomic mass is 10.1. The van der Waals surface area contributed by atoms with Gasteiger partial charge in [-0.2, -0.15) is 5.10 Å². The largest absolute Gasteiger partial charge is 0.491 e. The van der Waals surface area contributed by atoms with Gasteiger partial charge >= 0.3 is 0 Å². The monoisotopic (exact) mass is 480 g/mol. The van der Waals surface area contributed by atoms with Crippen LogP contribution in [0.5, 0.6) is 5.75 Å². The van der Waals surface area contributed by atoms with Gasteiger partial charge in [-0.05, 0) is 30.3 Å². The van der Waals surface area contributed by atoms with Crippen LogP contribution < -0.4 is 4.74 Å². The Bertz CT molecular complexity index is 1170. The summed E-state index contributed by atoms with van der Waals surface area (Å²) in [5.74, 6) is -10.6. The molecule has 12 heteroatoms. The number of ether oxygens (including phenoxy) is 2. The number of hydrogen-bond donors (Lipinski definition) is 0. The molecule has 0 radical (unpaired) electrons. The first-order valence-corrected chi connectivity index (χ1v) is 10.0. The van der Waals surface area contributed by atoms with Crippen molar-refractivity contribution in [2.45, 2.75) is 6.10 Å². The van der Waals surface area contributed by atoms with Crippen molar-refractivity contribution >= 4 is 12.0 Å². The number of carbonyl (C=O) groups excluding carboxylic acids is 1. The molecule has 34 heavy (non-hydrogen) atoms. The molecule has 1 atom stereocenters. The summed E-state index contributed by atoms with van der Waals surface area (Å²) in [6.45, 7) is 0.593.